The van der Waals surface area contributed by atoms with Gasteiger partial charge in [-0.1, -0.05) is 0 Å². The van der Waals surface area contributed by atoms with Gasteiger partial charge in [0.25, 0.3) is 5.56 Å². The highest BCUT2D eigenvalue weighted by Gasteiger charge is 2.45. The SMILES string of the molecule is CC(=O)OC[C@H]1O[C@@H](n2cc(F)c(=O)n(C(C)=O)c2=O)[C@H](O)[C@@H]1O. The minimum absolute atomic E-state index is 0.0389. The lowest BCUT2D eigenvalue weighted by Gasteiger charge is -2.18. The molecule has 24 heavy (non-hydrogen) atoms. The van der Waals surface area contributed by atoms with E-state index in [1.807, 2.05) is 0 Å². The Morgan fingerprint density at radius 3 is 2.46 bits per heavy atom. The van der Waals surface area contributed by atoms with E-state index in [2.05, 4.69) is 4.74 Å². The van der Waals surface area contributed by atoms with Crippen LogP contribution in [0.1, 0.15) is 24.9 Å². The summed E-state index contributed by atoms with van der Waals surface area (Å²) in [6.45, 7) is 1.60. The van der Waals surface area contributed by atoms with Gasteiger partial charge in [-0.15, -0.1) is 0 Å². The molecule has 0 spiro atoms. The number of hydrogen-bond donors (Lipinski definition) is 2. The Balaban J connectivity index is 2.42. The number of esters is 1. The molecule has 0 unspecified atom stereocenters. The van der Waals surface area contributed by atoms with Gasteiger partial charge in [0.05, 0.1) is 6.20 Å². The van der Waals surface area contributed by atoms with E-state index in [0.717, 1.165) is 13.8 Å². The van der Waals surface area contributed by atoms with Crippen LogP contribution in [0.4, 0.5) is 4.39 Å². The van der Waals surface area contributed by atoms with Crippen LogP contribution < -0.4 is 11.2 Å². The van der Waals surface area contributed by atoms with Crippen molar-refractivity contribution in [3.05, 3.63) is 32.9 Å². The van der Waals surface area contributed by atoms with Gasteiger partial charge in [-0.3, -0.25) is 19.0 Å². The number of aliphatic hydroxyl groups excluding tert-OH is 2. The smallest absolute Gasteiger partial charge is 0.340 e. The summed E-state index contributed by atoms with van der Waals surface area (Å²) in [5.41, 5.74) is -2.67. The zero-order chi connectivity index (χ0) is 18.2. The molecule has 11 heteroatoms. The number of carbonyl (C=O) groups excluding carboxylic acids is 2. The third-order valence-electron chi connectivity index (χ3n) is 3.45. The largest absolute Gasteiger partial charge is 0.463 e. The standard InChI is InChI=1S/C13H15FN2O8/c1-5(17)16-11(21)7(14)3-15(13(16)22)12-10(20)9(19)8(24-12)4-23-6(2)18/h3,8-10,12,19-20H,4H2,1-2H3/t8-,9-,10-,12-/m1/s1. The van der Waals surface area contributed by atoms with E-state index in [1.165, 1.54) is 0 Å². The Bertz CT molecular complexity index is 785. The normalized spacial score (nSPS) is 26.4. The fourth-order valence-electron chi connectivity index (χ4n) is 2.30. The van der Waals surface area contributed by atoms with Crippen LogP contribution >= 0.6 is 0 Å². The van der Waals surface area contributed by atoms with Crippen LogP contribution in [0.5, 0.6) is 0 Å². The fraction of sp³-hybridized carbons (Fsp3) is 0.538. The monoisotopic (exact) mass is 346 g/mol. The Hall–Kier alpha value is -2.37. The molecule has 2 heterocycles. The fourth-order valence-corrected chi connectivity index (χ4v) is 2.30. The Morgan fingerprint density at radius 1 is 1.29 bits per heavy atom. The van der Waals surface area contributed by atoms with Crippen molar-refractivity contribution in [1.29, 1.82) is 0 Å². The molecule has 2 rings (SSSR count). The maximum Gasteiger partial charge on any atom is 0.340 e. The Morgan fingerprint density at radius 2 is 1.92 bits per heavy atom. The second-order valence-corrected chi connectivity index (χ2v) is 5.18. The van der Waals surface area contributed by atoms with Crippen LogP contribution in [0.15, 0.2) is 15.8 Å². The van der Waals surface area contributed by atoms with Gasteiger partial charge in [-0.2, -0.15) is 8.96 Å². The van der Waals surface area contributed by atoms with Gasteiger partial charge in [0.1, 0.15) is 24.9 Å². The summed E-state index contributed by atoms with van der Waals surface area (Å²) in [7, 11) is 0. The summed E-state index contributed by atoms with van der Waals surface area (Å²) in [6.07, 6.45) is -5.50. The average Bonchev–Trinajstić information content (AvgIpc) is 2.76. The quantitative estimate of drug-likeness (QED) is 0.599. The average molecular weight is 346 g/mol. The molecule has 4 atom stereocenters. The molecule has 0 aromatic carbocycles. The highest BCUT2D eigenvalue weighted by atomic mass is 19.1. The van der Waals surface area contributed by atoms with Crippen LogP contribution in [0, 0.1) is 5.82 Å². The number of hydrogen-bond acceptors (Lipinski definition) is 8. The van der Waals surface area contributed by atoms with Gasteiger partial charge in [0.2, 0.25) is 11.7 Å². The van der Waals surface area contributed by atoms with Crippen molar-refractivity contribution in [2.45, 2.75) is 38.4 Å². The van der Waals surface area contributed by atoms with Gasteiger partial charge in [0, 0.05) is 13.8 Å². The van der Waals surface area contributed by atoms with E-state index in [4.69, 9.17) is 4.74 Å². The van der Waals surface area contributed by atoms with Crippen molar-refractivity contribution >= 4 is 11.9 Å². The highest BCUT2D eigenvalue weighted by molar-refractivity contribution is 5.75. The molecular weight excluding hydrogens is 331 g/mol. The molecule has 0 amide bonds. The molecule has 1 aromatic heterocycles. The van der Waals surface area contributed by atoms with Crippen molar-refractivity contribution in [3.8, 4) is 0 Å². The third kappa shape index (κ3) is 3.13. The van der Waals surface area contributed by atoms with Gasteiger partial charge in [-0.05, 0) is 0 Å². The van der Waals surface area contributed by atoms with E-state index < -0.39 is 60.1 Å². The first-order chi connectivity index (χ1) is 11.1. The zero-order valence-corrected chi connectivity index (χ0v) is 12.7. The second-order valence-electron chi connectivity index (χ2n) is 5.18. The summed E-state index contributed by atoms with van der Waals surface area (Å²) in [5.74, 6) is -3.10. The first kappa shape index (κ1) is 18.0. The molecule has 0 aliphatic carbocycles. The topological polar surface area (TPSA) is 137 Å². The van der Waals surface area contributed by atoms with Crippen LogP contribution in [0.25, 0.3) is 0 Å². The van der Waals surface area contributed by atoms with Gasteiger partial charge >= 0.3 is 11.7 Å². The number of aromatic nitrogens is 2. The van der Waals surface area contributed by atoms with Crippen molar-refractivity contribution in [3.63, 3.8) is 0 Å². The molecule has 0 radical (unpaired) electrons. The molecule has 1 aliphatic rings. The molecular formula is C13H15FN2O8. The summed E-state index contributed by atoms with van der Waals surface area (Å²) < 4.78 is 24.1. The molecule has 1 fully saturated rings. The number of aliphatic hydroxyl groups is 2. The van der Waals surface area contributed by atoms with Crippen LogP contribution in [-0.4, -0.2) is 56.1 Å². The molecule has 132 valence electrons. The first-order valence-corrected chi connectivity index (χ1v) is 6.84. The van der Waals surface area contributed by atoms with E-state index in [0.29, 0.717) is 10.8 Å². The molecule has 2 N–H and O–H groups in total. The van der Waals surface area contributed by atoms with E-state index in [1.54, 1.807) is 0 Å². The lowest BCUT2D eigenvalue weighted by atomic mass is 10.1. The number of carbonyl (C=O) groups is 2. The van der Waals surface area contributed by atoms with Crippen molar-refractivity contribution in [2.24, 2.45) is 0 Å². The van der Waals surface area contributed by atoms with E-state index in [-0.39, 0.29) is 4.57 Å². The zero-order valence-electron chi connectivity index (χ0n) is 12.7. The molecule has 1 aliphatic heterocycles. The summed E-state index contributed by atoms with van der Waals surface area (Å²) >= 11 is 0. The molecule has 0 saturated carbocycles. The van der Waals surface area contributed by atoms with Gasteiger partial charge in [-0.25, -0.2) is 4.79 Å². The lowest BCUT2D eigenvalue weighted by molar-refractivity contribution is -0.147. The van der Waals surface area contributed by atoms with Crippen molar-refractivity contribution < 1.29 is 33.7 Å². The van der Waals surface area contributed by atoms with Crippen LogP contribution in [-0.2, 0) is 14.3 Å². The molecule has 1 aromatic rings. The minimum Gasteiger partial charge on any atom is -0.463 e. The van der Waals surface area contributed by atoms with Crippen LogP contribution in [0.3, 0.4) is 0 Å². The third-order valence-corrected chi connectivity index (χ3v) is 3.45. The minimum atomic E-state index is -1.68. The van der Waals surface area contributed by atoms with Gasteiger partial charge in [0.15, 0.2) is 6.23 Å². The predicted molar refractivity (Wildman–Crippen MR) is 73.8 cm³/mol. The molecule has 1 saturated heterocycles. The summed E-state index contributed by atoms with van der Waals surface area (Å²) in [4.78, 5) is 45.9. The number of ether oxygens (including phenoxy) is 2. The van der Waals surface area contributed by atoms with Crippen molar-refractivity contribution in [1.82, 2.24) is 9.13 Å². The Labute approximate surface area is 133 Å². The van der Waals surface area contributed by atoms with E-state index in [9.17, 15) is 33.8 Å². The molecule has 10 nitrogen and oxygen atoms in total. The second kappa shape index (κ2) is 6.63. The summed E-state index contributed by atoms with van der Waals surface area (Å²) in [6, 6.07) is 0. The maximum absolute atomic E-state index is 13.7. The van der Waals surface area contributed by atoms with E-state index >= 15 is 0 Å². The molecule has 0 bridgehead atoms. The lowest BCUT2D eigenvalue weighted by Crippen LogP contribution is -2.46. The predicted octanol–water partition coefficient (Wildman–Crippen LogP) is -2.01. The van der Waals surface area contributed by atoms with Gasteiger partial charge < -0.3 is 19.7 Å². The summed E-state index contributed by atoms with van der Waals surface area (Å²) in [5, 5.41) is 19.9. The Kier molecular flexibility index (Phi) is 4.96. The van der Waals surface area contributed by atoms with Crippen LogP contribution in [0.2, 0.25) is 0 Å². The van der Waals surface area contributed by atoms with Crippen molar-refractivity contribution in [2.75, 3.05) is 6.61 Å². The maximum atomic E-state index is 13.7. The first-order valence-electron chi connectivity index (χ1n) is 6.84. The highest BCUT2D eigenvalue weighted by Crippen LogP contribution is 2.28. The number of nitrogens with zero attached hydrogens (tertiary/aromatic N) is 2. The number of rotatable bonds is 3. The number of halogens is 1.